The van der Waals surface area contributed by atoms with E-state index in [2.05, 4.69) is 93.3 Å². The number of fused-ring (bicyclic) bond motifs is 2. The quantitative estimate of drug-likeness (QED) is 0.0903. The summed E-state index contributed by atoms with van der Waals surface area (Å²) in [5.74, 6) is 0.947. The Labute approximate surface area is 390 Å². The van der Waals surface area contributed by atoms with Crippen molar-refractivity contribution in [2.24, 2.45) is 29.1 Å². The summed E-state index contributed by atoms with van der Waals surface area (Å²) in [6, 6.07) is 21.1. The van der Waals surface area contributed by atoms with Crippen LogP contribution in [0.1, 0.15) is 82.8 Å². The van der Waals surface area contributed by atoms with E-state index in [0.717, 1.165) is 34.4 Å². The molecule has 2 bridgehead atoms. The largest absolute Gasteiger partial charge is 0.496 e. The highest BCUT2D eigenvalue weighted by Crippen LogP contribution is 2.61. The van der Waals surface area contributed by atoms with Gasteiger partial charge in [-0.25, -0.2) is 0 Å². The molecule has 1 aliphatic heterocycles. The Morgan fingerprint density at radius 3 is 2.34 bits per heavy atom. The molecule has 13 heteroatoms. The highest BCUT2D eigenvalue weighted by atomic mass is 28.4. The minimum atomic E-state index is -1.99. The van der Waals surface area contributed by atoms with Crippen molar-refractivity contribution in [1.29, 1.82) is 0 Å². The highest BCUT2D eigenvalue weighted by molar-refractivity contribution is 6.74. The van der Waals surface area contributed by atoms with Crippen LogP contribution >= 0.6 is 0 Å². The normalized spacial score (nSPS) is 25.1. The summed E-state index contributed by atoms with van der Waals surface area (Å²) >= 11 is 0. The lowest BCUT2D eigenvalue weighted by atomic mass is 9.45. The van der Waals surface area contributed by atoms with Crippen molar-refractivity contribution in [3.05, 3.63) is 83.4 Å². The Balaban J connectivity index is 1.33. The van der Waals surface area contributed by atoms with E-state index >= 15 is 0 Å². The number of anilines is 1. The van der Waals surface area contributed by atoms with Crippen molar-refractivity contribution in [3.8, 4) is 16.9 Å². The van der Waals surface area contributed by atoms with E-state index in [1.165, 1.54) is 6.42 Å². The van der Waals surface area contributed by atoms with Crippen LogP contribution in [0.5, 0.6) is 5.75 Å². The van der Waals surface area contributed by atoms with Gasteiger partial charge in [-0.1, -0.05) is 90.1 Å². The first-order valence-corrected chi connectivity index (χ1v) is 26.7. The second kappa shape index (κ2) is 20.6. The zero-order valence-electron chi connectivity index (χ0n) is 41.5. The lowest BCUT2D eigenvalue weighted by Crippen LogP contribution is -2.62. The fourth-order valence-corrected chi connectivity index (χ4v) is 11.5. The predicted octanol–water partition coefficient (Wildman–Crippen LogP) is 7.38. The number of rotatable bonds is 19. The summed E-state index contributed by atoms with van der Waals surface area (Å²) in [7, 11) is 5.68. The molecule has 0 spiro atoms. The smallest absolute Gasteiger partial charge is 0.251 e. The van der Waals surface area contributed by atoms with Crippen molar-refractivity contribution >= 4 is 25.8 Å². The Kier molecular flexibility index (Phi) is 16.0. The number of ether oxygens (including phenoxy) is 1. The number of carbonyl (C=O) groups is 2. The predicted molar refractivity (Wildman–Crippen MR) is 262 cm³/mol. The molecular formula is C52H79N5O7Si. The van der Waals surface area contributed by atoms with Gasteiger partial charge in [0, 0.05) is 60.5 Å². The molecule has 358 valence electrons. The second-order valence-corrected chi connectivity index (χ2v) is 26.5. The second-order valence-electron chi connectivity index (χ2n) is 21.7. The van der Waals surface area contributed by atoms with Crippen LogP contribution in [0.3, 0.4) is 0 Å². The van der Waals surface area contributed by atoms with E-state index in [-0.39, 0.29) is 47.5 Å². The summed E-state index contributed by atoms with van der Waals surface area (Å²) in [4.78, 5) is 39.5. The van der Waals surface area contributed by atoms with Gasteiger partial charge in [0.2, 0.25) is 5.91 Å². The third kappa shape index (κ3) is 11.3. The molecule has 1 heterocycles. The molecule has 2 amide bonds. The van der Waals surface area contributed by atoms with Crippen LogP contribution in [0, 0.1) is 29.1 Å². The molecule has 0 radical (unpaired) electrons. The van der Waals surface area contributed by atoms with Gasteiger partial charge in [-0.05, 0) is 111 Å². The number of carbonyl (C=O) groups excluding carboxylic acids is 2. The third-order valence-corrected chi connectivity index (χ3v) is 20.1. The maximum Gasteiger partial charge on any atom is 0.251 e. The number of aliphatic hydroxyl groups is 2. The van der Waals surface area contributed by atoms with Gasteiger partial charge in [0.25, 0.3) is 5.91 Å². The molecule has 7 rings (SSSR count). The summed E-state index contributed by atoms with van der Waals surface area (Å²) in [6.45, 7) is 21.4. The standard InChI is InChI=1S/C52H79N5O7Si/c1-33-43-28-39(52(43,6)7)29-44(33)54-50(61)47-46(34(2)59)45(32-58)64-57(47)30-36-20-17-21-42(48(36)62-11)37-25-38(27-41(26-37)56(10)22-23-63-65(12,13)51(3,4)5)49(60)53-40(31-55(8)9)24-35-18-15-14-16-19-35/h14-21,25-27,33-34,39-40,43-47,58-59H,22-24,28-32H2,1-13H3,(H,53,60)(H,54,61)/t33-,34-,39+,40-,43-,44-,45-,46+,47-/m0/s1. The summed E-state index contributed by atoms with van der Waals surface area (Å²) in [6.07, 6.45) is 1.10. The third-order valence-electron chi connectivity index (χ3n) is 15.6. The Hall–Kier alpha value is -3.82. The fourth-order valence-electron chi connectivity index (χ4n) is 10.5. The fraction of sp³-hybridized carbons (Fsp3) is 0.615. The number of nitrogens with zero attached hydrogens (tertiary/aromatic N) is 3. The number of hydroxylamine groups is 2. The van der Waals surface area contributed by atoms with Crippen molar-refractivity contribution in [2.75, 3.05) is 59.5 Å². The Bertz CT molecular complexity index is 2090. The molecule has 3 saturated carbocycles. The lowest BCUT2D eigenvalue weighted by Gasteiger charge is -2.62. The highest BCUT2D eigenvalue weighted by Gasteiger charge is 2.57. The van der Waals surface area contributed by atoms with Crippen LogP contribution in [-0.2, 0) is 27.0 Å². The number of benzene rings is 3. The molecule has 4 fully saturated rings. The molecule has 1 saturated heterocycles. The minimum absolute atomic E-state index is 0.0220. The topological polar surface area (TPSA) is 136 Å². The van der Waals surface area contributed by atoms with Gasteiger partial charge in [0.15, 0.2) is 8.32 Å². The van der Waals surface area contributed by atoms with Crippen LogP contribution in [0.4, 0.5) is 5.69 Å². The number of likely N-dealkylation sites (N-methyl/N-ethyl adjacent to an activating group) is 2. The maximum absolute atomic E-state index is 14.5. The van der Waals surface area contributed by atoms with E-state index in [0.29, 0.717) is 55.2 Å². The average Bonchev–Trinajstić information content (AvgIpc) is 3.62. The number of amides is 2. The molecule has 3 aliphatic carbocycles. The molecule has 0 aromatic heterocycles. The van der Waals surface area contributed by atoms with Crippen molar-refractivity contribution in [2.45, 2.75) is 123 Å². The average molecular weight is 914 g/mol. The molecule has 4 aliphatic rings. The number of para-hydroxylation sites is 1. The first-order chi connectivity index (χ1) is 30.6. The van der Waals surface area contributed by atoms with Crippen LogP contribution in [0.15, 0.2) is 66.7 Å². The number of hydrogen-bond donors (Lipinski definition) is 4. The molecule has 12 nitrogen and oxygen atoms in total. The van der Waals surface area contributed by atoms with E-state index in [1.54, 1.807) is 19.1 Å². The first-order valence-electron chi connectivity index (χ1n) is 23.7. The number of methoxy groups -OCH3 is 1. The van der Waals surface area contributed by atoms with Crippen LogP contribution in [0.2, 0.25) is 18.1 Å². The van der Waals surface area contributed by atoms with Crippen molar-refractivity contribution < 1.29 is 33.8 Å². The molecule has 3 aromatic carbocycles. The van der Waals surface area contributed by atoms with Crippen LogP contribution in [0.25, 0.3) is 11.1 Å². The Morgan fingerprint density at radius 2 is 1.74 bits per heavy atom. The number of nitrogens with one attached hydrogen (secondary N) is 2. The maximum atomic E-state index is 14.5. The summed E-state index contributed by atoms with van der Waals surface area (Å²) in [5, 5.41) is 30.0. The van der Waals surface area contributed by atoms with Crippen LogP contribution < -0.4 is 20.3 Å². The van der Waals surface area contributed by atoms with Gasteiger partial charge in [0.1, 0.15) is 17.9 Å². The number of hydrogen-bond acceptors (Lipinski definition) is 10. The first kappa shape index (κ1) is 50.6. The zero-order valence-corrected chi connectivity index (χ0v) is 42.5. The molecule has 3 aromatic rings. The minimum Gasteiger partial charge on any atom is -0.496 e. The summed E-state index contributed by atoms with van der Waals surface area (Å²) < 4.78 is 12.8. The van der Waals surface area contributed by atoms with Crippen molar-refractivity contribution in [3.63, 3.8) is 0 Å². The molecule has 4 N–H and O–H groups in total. The van der Waals surface area contributed by atoms with Crippen molar-refractivity contribution in [1.82, 2.24) is 20.6 Å². The molecule has 0 unspecified atom stereocenters. The Morgan fingerprint density at radius 1 is 1.03 bits per heavy atom. The zero-order chi connectivity index (χ0) is 47.6. The van der Waals surface area contributed by atoms with Gasteiger partial charge in [-0.3, -0.25) is 14.4 Å². The van der Waals surface area contributed by atoms with E-state index in [4.69, 9.17) is 14.0 Å². The van der Waals surface area contributed by atoms with Gasteiger partial charge in [-0.2, -0.15) is 5.06 Å². The van der Waals surface area contributed by atoms with Gasteiger partial charge >= 0.3 is 0 Å². The van der Waals surface area contributed by atoms with Crippen LogP contribution in [-0.4, -0.2) is 125 Å². The molecular weight excluding hydrogens is 835 g/mol. The van der Waals surface area contributed by atoms with Gasteiger partial charge in [0.05, 0.1) is 33.0 Å². The summed E-state index contributed by atoms with van der Waals surface area (Å²) in [5.41, 5.74) is 5.09. The van der Waals surface area contributed by atoms with Gasteiger partial charge in [-0.15, -0.1) is 0 Å². The van der Waals surface area contributed by atoms with E-state index < -0.39 is 32.5 Å². The van der Waals surface area contributed by atoms with E-state index in [1.807, 2.05) is 69.7 Å². The van der Waals surface area contributed by atoms with Gasteiger partial charge < -0.3 is 39.8 Å². The lowest BCUT2D eigenvalue weighted by molar-refractivity contribution is -0.183. The molecule has 9 atom stereocenters. The number of aliphatic hydroxyl groups excluding tert-OH is 2. The molecule has 65 heavy (non-hydrogen) atoms. The monoisotopic (exact) mass is 914 g/mol. The van der Waals surface area contributed by atoms with E-state index in [9.17, 15) is 19.8 Å². The SMILES string of the molecule is COc1c(CN2O[C@@H](CO)[C@@H]([C@H](C)O)[C@H]2C(=O)N[C@H]2C[C@H]3C[C@@H]([C@@H]2C)C3(C)C)cccc1-c1cc(C(=O)N[C@@H](Cc2ccccc2)CN(C)C)cc(N(C)CCO[Si](C)(C)C(C)(C)C)c1.